The third kappa shape index (κ3) is 2.92. The molecule has 1 N–H and O–H groups in total. The highest BCUT2D eigenvalue weighted by Gasteiger charge is 2.32. The number of nitrogens with zero attached hydrogens (tertiary/aromatic N) is 1. The first kappa shape index (κ1) is 12.0. The lowest BCUT2D eigenvalue weighted by molar-refractivity contribution is -0.149. The van der Waals surface area contributed by atoms with Crippen molar-refractivity contribution in [2.24, 2.45) is 5.92 Å². The summed E-state index contributed by atoms with van der Waals surface area (Å²) in [6, 6.07) is -0.0513. The molecular formula is C10H17NO4. The number of hydrogen-bond donors (Lipinski definition) is 1. The van der Waals surface area contributed by atoms with Crippen molar-refractivity contribution in [1.29, 1.82) is 0 Å². The smallest absolute Gasteiger partial charge is 0.308 e. The van der Waals surface area contributed by atoms with Gasteiger partial charge in [0.2, 0.25) is 5.91 Å². The lowest BCUT2D eigenvalue weighted by atomic mass is 9.96. The molecule has 1 amide bonds. The zero-order valence-corrected chi connectivity index (χ0v) is 9.10. The van der Waals surface area contributed by atoms with E-state index in [-0.39, 0.29) is 11.9 Å². The molecular weight excluding hydrogens is 198 g/mol. The highest BCUT2D eigenvalue weighted by molar-refractivity contribution is 5.80. The van der Waals surface area contributed by atoms with Gasteiger partial charge in [-0.15, -0.1) is 0 Å². The van der Waals surface area contributed by atoms with E-state index in [2.05, 4.69) is 0 Å². The number of likely N-dealkylation sites (tertiary alicyclic amines) is 1. The minimum Gasteiger partial charge on any atom is -0.481 e. The Kier molecular flexibility index (Phi) is 4.08. The molecule has 0 aliphatic carbocycles. The van der Waals surface area contributed by atoms with Crippen molar-refractivity contribution >= 4 is 11.9 Å². The number of hydrogen-bond acceptors (Lipinski definition) is 3. The second-order valence-corrected chi connectivity index (χ2v) is 3.92. The molecule has 1 aliphatic heterocycles. The van der Waals surface area contributed by atoms with Crippen molar-refractivity contribution in [2.75, 3.05) is 20.3 Å². The van der Waals surface area contributed by atoms with E-state index in [1.54, 1.807) is 12.0 Å². The van der Waals surface area contributed by atoms with Crippen LogP contribution in [0.1, 0.15) is 19.8 Å². The number of aliphatic carboxylic acids is 1. The van der Waals surface area contributed by atoms with Crippen molar-refractivity contribution in [1.82, 2.24) is 4.90 Å². The van der Waals surface area contributed by atoms with Crippen LogP contribution in [0.2, 0.25) is 0 Å². The summed E-state index contributed by atoms with van der Waals surface area (Å²) in [4.78, 5) is 24.0. The van der Waals surface area contributed by atoms with Crippen LogP contribution in [0.25, 0.3) is 0 Å². The molecule has 0 saturated carbocycles. The quantitative estimate of drug-likeness (QED) is 0.734. The Hall–Kier alpha value is -1.10. The second-order valence-electron chi connectivity index (χ2n) is 3.92. The molecule has 0 aromatic heterocycles. The molecule has 0 radical (unpaired) electrons. The maximum absolute atomic E-state index is 11.6. The van der Waals surface area contributed by atoms with Gasteiger partial charge in [0.15, 0.2) is 0 Å². The van der Waals surface area contributed by atoms with Gasteiger partial charge in [0.05, 0.1) is 18.6 Å². The van der Waals surface area contributed by atoms with E-state index in [1.165, 1.54) is 0 Å². The van der Waals surface area contributed by atoms with Crippen LogP contribution in [0.4, 0.5) is 0 Å². The first-order valence-electron chi connectivity index (χ1n) is 5.07. The first-order chi connectivity index (χ1) is 7.06. The fraction of sp³-hybridized carbons (Fsp3) is 0.800. The first-order valence-corrected chi connectivity index (χ1v) is 5.07. The van der Waals surface area contributed by atoms with E-state index >= 15 is 0 Å². The Morgan fingerprint density at radius 3 is 2.93 bits per heavy atom. The van der Waals surface area contributed by atoms with Crippen LogP contribution < -0.4 is 0 Å². The molecule has 1 saturated heterocycles. The number of carbonyl (C=O) groups excluding carboxylic acids is 1. The normalized spacial score (nSPS) is 24.0. The molecule has 1 aliphatic rings. The van der Waals surface area contributed by atoms with Gasteiger partial charge in [-0.3, -0.25) is 9.59 Å². The number of rotatable bonds is 4. The summed E-state index contributed by atoms with van der Waals surface area (Å²) in [5.41, 5.74) is 0. The summed E-state index contributed by atoms with van der Waals surface area (Å²) in [6.45, 7) is 2.61. The number of carbonyl (C=O) groups is 2. The molecule has 1 heterocycles. The van der Waals surface area contributed by atoms with Crippen LogP contribution in [-0.4, -0.2) is 48.2 Å². The summed E-state index contributed by atoms with van der Waals surface area (Å²) in [5.74, 6) is -1.23. The van der Waals surface area contributed by atoms with Crippen LogP contribution in [-0.2, 0) is 14.3 Å². The minimum absolute atomic E-state index is 0.0250. The fourth-order valence-electron chi connectivity index (χ4n) is 1.83. The lowest BCUT2D eigenvalue weighted by Gasteiger charge is -2.34. The van der Waals surface area contributed by atoms with E-state index in [9.17, 15) is 9.59 Å². The fourth-order valence-corrected chi connectivity index (χ4v) is 1.83. The van der Waals surface area contributed by atoms with Crippen LogP contribution in [0, 0.1) is 5.92 Å². The van der Waals surface area contributed by atoms with Crippen molar-refractivity contribution < 1.29 is 19.4 Å². The molecule has 5 nitrogen and oxygen atoms in total. The second kappa shape index (κ2) is 5.11. The standard InChI is InChI=1S/C10H17NO4/c1-7(6-15-2)11-5-8(10(13)14)3-4-9(11)12/h7-8H,3-6H2,1-2H3,(H,13,14). The largest absolute Gasteiger partial charge is 0.481 e. The van der Waals surface area contributed by atoms with Crippen molar-refractivity contribution in [3.8, 4) is 0 Å². The predicted octanol–water partition coefficient (Wildman–Crippen LogP) is 0.344. The number of carboxylic acids is 1. The molecule has 2 unspecified atom stereocenters. The van der Waals surface area contributed by atoms with Crippen LogP contribution in [0.15, 0.2) is 0 Å². The summed E-state index contributed by atoms with van der Waals surface area (Å²) in [5, 5.41) is 8.88. The topological polar surface area (TPSA) is 66.8 Å². The maximum Gasteiger partial charge on any atom is 0.308 e. The van der Waals surface area contributed by atoms with Gasteiger partial charge in [-0.25, -0.2) is 0 Å². The summed E-state index contributed by atoms with van der Waals surface area (Å²) in [6.07, 6.45) is 0.773. The molecule has 86 valence electrons. The van der Waals surface area contributed by atoms with E-state index < -0.39 is 11.9 Å². The monoisotopic (exact) mass is 215 g/mol. The minimum atomic E-state index is -0.822. The highest BCUT2D eigenvalue weighted by Crippen LogP contribution is 2.19. The summed E-state index contributed by atoms with van der Waals surface area (Å²) < 4.78 is 4.96. The van der Waals surface area contributed by atoms with Crippen molar-refractivity contribution in [2.45, 2.75) is 25.8 Å². The number of piperidine rings is 1. The van der Waals surface area contributed by atoms with Gasteiger partial charge in [0.1, 0.15) is 0 Å². The third-order valence-corrected chi connectivity index (χ3v) is 2.73. The van der Waals surface area contributed by atoms with Crippen LogP contribution in [0.5, 0.6) is 0 Å². The molecule has 0 bridgehead atoms. The Bertz CT molecular complexity index is 254. The molecule has 1 fully saturated rings. The molecule has 0 aromatic carbocycles. The Balaban J connectivity index is 2.60. The van der Waals surface area contributed by atoms with Gasteiger partial charge >= 0.3 is 5.97 Å². The van der Waals surface area contributed by atoms with Crippen LogP contribution >= 0.6 is 0 Å². The van der Waals surface area contributed by atoms with E-state index in [0.717, 1.165) is 0 Å². The average Bonchev–Trinajstić information content (AvgIpc) is 2.18. The molecule has 0 spiro atoms. The summed E-state index contributed by atoms with van der Waals surface area (Å²) >= 11 is 0. The highest BCUT2D eigenvalue weighted by atomic mass is 16.5. The van der Waals surface area contributed by atoms with Gasteiger partial charge in [0.25, 0.3) is 0 Å². The van der Waals surface area contributed by atoms with E-state index in [1.807, 2.05) is 6.92 Å². The van der Waals surface area contributed by atoms with Gasteiger partial charge in [-0.05, 0) is 13.3 Å². The zero-order chi connectivity index (χ0) is 11.4. The molecule has 5 heteroatoms. The van der Waals surface area contributed by atoms with Crippen molar-refractivity contribution in [3.05, 3.63) is 0 Å². The molecule has 1 rings (SSSR count). The SMILES string of the molecule is COCC(C)N1CC(C(=O)O)CCC1=O. The number of amides is 1. The van der Waals surface area contributed by atoms with Gasteiger partial charge in [-0.1, -0.05) is 0 Å². The van der Waals surface area contributed by atoms with Gasteiger partial charge in [0, 0.05) is 20.1 Å². The van der Waals surface area contributed by atoms with E-state index in [0.29, 0.717) is 26.0 Å². The Morgan fingerprint density at radius 2 is 2.40 bits per heavy atom. The number of methoxy groups -OCH3 is 1. The summed E-state index contributed by atoms with van der Waals surface area (Å²) in [7, 11) is 1.57. The van der Waals surface area contributed by atoms with Crippen LogP contribution in [0.3, 0.4) is 0 Å². The average molecular weight is 215 g/mol. The predicted molar refractivity (Wildman–Crippen MR) is 53.4 cm³/mol. The number of ether oxygens (including phenoxy) is 1. The Morgan fingerprint density at radius 1 is 1.73 bits per heavy atom. The maximum atomic E-state index is 11.6. The Labute approximate surface area is 89.0 Å². The van der Waals surface area contributed by atoms with E-state index in [4.69, 9.17) is 9.84 Å². The van der Waals surface area contributed by atoms with Crippen molar-refractivity contribution in [3.63, 3.8) is 0 Å². The van der Waals surface area contributed by atoms with Gasteiger partial charge in [-0.2, -0.15) is 0 Å². The lowest BCUT2D eigenvalue weighted by Crippen LogP contribution is -2.48. The molecule has 2 atom stereocenters. The molecule has 15 heavy (non-hydrogen) atoms. The number of carboxylic acid groups (broad SMARTS) is 1. The molecule has 0 aromatic rings. The zero-order valence-electron chi connectivity index (χ0n) is 9.10. The van der Waals surface area contributed by atoms with Gasteiger partial charge < -0.3 is 14.7 Å². The third-order valence-electron chi connectivity index (χ3n) is 2.73.